The molecule has 2 heterocycles. The first-order valence-corrected chi connectivity index (χ1v) is 11.6. The summed E-state index contributed by atoms with van der Waals surface area (Å²) in [6, 6.07) is 0. The van der Waals surface area contributed by atoms with Crippen LogP contribution in [0.25, 0.3) is 0 Å². The molecule has 2 fully saturated rings. The highest BCUT2D eigenvalue weighted by Crippen LogP contribution is 2.29. The third kappa shape index (κ3) is 5.31. The number of nitrogens with one attached hydrogen (secondary N) is 1. The number of amides is 1. The van der Waals surface area contributed by atoms with Crippen LogP contribution < -0.4 is 5.32 Å². The largest absolute Gasteiger partial charge is 0.310 e. The predicted octanol–water partition coefficient (Wildman–Crippen LogP) is 4.71. The van der Waals surface area contributed by atoms with E-state index in [1.54, 1.807) is 6.33 Å². The van der Waals surface area contributed by atoms with Crippen molar-refractivity contribution in [1.29, 1.82) is 0 Å². The summed E-state index contributed by atoms with van der Waals surface area (Å²) in [7, 11) is 0. The van der Waals surface area contributed by atoms with Crippen molar-refractivity contribution in [3.63, 3.8) is 0 Å². The minimum Gasteiger partial charge on any atom is -0.310 e. The van der Waals surface area contributed by atoms with Crippen molar-refractivity contribution in [3.8, 4) is 0 Å². The summed E-state index contributed by atoms with van der Waals surface area (Å²) in [6.45, 7) is 3.16. The Bertz CT molecular complexity index is 648. The number of carbonyl (C=O) groups excluding carboxylic acids is 1. The average Bonchev–Trinajstić information content (AvgIpc) is 2.97. The van der Waals surface area contributed by atoms with Gasteiger partial charge in [0.25, 0.3) is 0 Å². The number of rotatable bonds is 5. The van der Waals surface area contributed by atoms with E-state index in [2.05, 4.69) is 20.2 Å². The third-order valence-corrected chi connectivity index (χ3v) is 7.03. The zero-order chi connectivity index (χ0) is 19.2. The molecule has 2 aliphatic carbocycles. The van der Waals surface area contributed by atoms with Gasteiger partial charge in [-0.05, 0) is 43.9 Å². The molecule has 0 radical (unpaired) electrons. The van der Waals surface area contributed by atoms with Crippen molar-refractivity contribution in [2.45, 2.75) is 90.0 Å². The molecule has 1 N–H and O–H groups in total. The zero-order valence-electron chi connectivity index (χ0n) is 17.3. The number of nitrogens with zero attached hydrogens (tertiary/aromatic N) is 3. The molecule has 154 valence electrons. The van der Waals surface area contributed by atoms with Gasteiger partial charge in [-0.2, -0.15) is 0 Å². The first-order valence-electron chi connectivity index (χ1n) is 11.6. The van der Waals surface area contributed by atoms with E-state index in [4.69, 9.17) is 0 Å². The molecule has 1 aromatic heterocycles. The van der Waals surface area contributed by atoms with Crippen molar-refractivity contribution < 1.29 is 4.79 Å². The van der Waals surface area contributed by atoms with Gasteiger partial charge >= 0.3 is 0 Å². The number of aromatic nitrogens is 2. The van der Waals surface area contributed by atoms with Gasteiger partial charge in [0.05, 0.1) is 5.69 Å². The fourth-order valence-corrected chi connectivity index (χ4v) is 5.42. The normalized spacial score (nSPS) is 22.4. The van der Waals surface area contributed by atoms with Crippen LogP contribution in [0.2, 0.25) is 0 Å². The second-order valence-corrected chi connectivity index (χ2v) is 9.25. The molecule has 0 unspecified atom stereocenters. The Kier molecular flexibility index (Phi) is 6.95. The quantitative estimate of drug-likeness (QED) is 0.747. The number of anilines is 1. The summed E-state index contributed by atoms with van der Waals surface area (Å²) in [5.74, 6) is 2.31. The van der Waals surface area contributed by atoms with Crippen LogP contribution in [0.4, 0.5) is 5.82 Å². The zero-order valence-corrected chi connectivity index (χ0v) is 17.3. The monoisotopic (exact) mass is 384 g/mol. The average molecular weight is 385 g/mol. The highest BCUT2D eigenvalue weighted by molar-refractivity contribution is 5.90. The molecule has 0 saturated heterocycles. The molecule has 1 aliphatic heterocycles. The Hall–Kier alpha value is -1.49. The van der Waals surface area contributed by atoms with Gasteiger partial charge in [-0.1, -0.05) is 44.9 Å². The number of hydrogen-bond donors (Lipinski definition) is 1. The van der Waals surface area contributed by atoms with Gasteiger partial charge in [0, 0.05) is 31.6 Å². The topological polar surface area (TPSA) is 58.1 Å². The van der Waals surface area contributed by atoms with E-state index < -0.39 is 0 Å². The van der Waals surface area contributed by atoms with Crippen LogP contribution in [0.5, 0.6) is 0 Å². The van der Waals surface area contributed by atoms with Crippen LogP contribution in [0.15, 0.2) is 6.33 Å². The van der Waals surface area contributed by atoms with Gasteiger partial charge in [-0.15, -0.1) is 0 Å². The summed E-state index contributed by atoms with van der Waals surface area (Å²) in [4.78, 5) is 24.2. The van der Waals surface area contributed by atoms with E-state index in [0.29, 0.717) is 12.3 Å². The van der Waals surface area contributed by atoms with Crippen LogP contribution in [0.3, 0.4) is 0 Å². The van der Waals surface area contributed by atoms with E-state index in [9.17, 15) is 4.79 Å². The smallest absolute Gasteiger partial charge is 0.225 e. The lowest BCUT2D eigenvalue weighted by Gasteiger charge is -2.33. The molecular weight excluding hydrogens is 348 g/mol. The molecule has 5 heteroatoms. The fourth-order valence-electron chi connectivity index (χ4n) is 5.42. The van der Waals surface area contributed by atoms with Crippen molar-refractivity contribution in [1.82, 2.24) is 14.9 Å². The molecule has 28 heavy (non-hydrogen) atoms. The van der Waals surface area contributed by atoms with Crippen LogP contribution >= 0.6 is 0 Å². The number of carbonyl (C=O) groups is 1. The van der Waals surface area contributed by atoms with Crippen molar-refractivity contribution in [2.75, 3.05) is 18.4 Å². The molecule has 0 atom stereocenters. The molecule has 0 spiro atoms. The molecule has 3 aliphatic rings. The number of fused-ring (bicyclic) bond motifs is 1. The standard InChI is InChI=1S/C23H36N4O/c28-22(14-18-8-4-1-2-5-9-18)26-23-20-12-13-27(16-21(20)24-17-25-23)15-19-10-6-3-7-11-19/h17-19H,1-16H2,(H,24,25,26,28). The fraction of sp³-hybridized carbons (Fsp3) is 0.783. The predicted molar refractivity (Wildman–Crippen MR) is 112 cm³/mol. The molecule has 2 saturated carbocycles. The summed E-state index contributed by atoms with van der Waals surface area (Å²) in [5.41, 5.74) is 2.28. The van der Waals surface area contributed by atoms with E-state index in [-0.39, 0.29) is 5.91 Å². The highest BCUT2D eigenvalue weighted by atomic mass is 16.1. The molecular formula is C23H36N4O. The molecule has 5 nitrogen and oxygen atoms in total. The van der Waals surface area contributed by atoms with Gasteiger partial charge in [-0.25, -0.2) is 9.97 Å². The Morgan fingerprint density at radius 2 is 1.64 bits per heavy atom. The lowest BCUT2D eigenvalue weighted by Crippen LogP contribution is -2.36. The molecule has 4 rings (SSSR count). The maximum atomic E-state index is 12.6. The lowest BCUT2D eigenvalue weighted by molar-refractivity contribution is -0.117. The van der Waals surface area contributed by atoms with Crippen LogP contribution in [-0.4, -0.2) is 33.9 Å². The second kappa shape index (κ2) is 9.82. The van der Waals surface area contributed by atoms with Gasteiger partial charge < -0.3 is 5.32 Å². The van der Waals surface area contributed by atoms with Crippen LogP contribution in [0, 0.1) is 11.8 Å². The molecule has 1 aromatic rings. The molecule has 0 bridgehead atoms. The summed E-state index contributed by atoms with van der Waals surface area (Å²) in [6.07, 6.45) is 17.8. The van der Waals surface area contributed by atoms with Crippen molar-refractivity contribution >= 4 is 11.7 Å². The number of hydrogen-bond acceptors (Lipinski definition) is 4. The Morgan fingerprint density at radius 1 is 0.964 bits per heavy atom. The first-order chi connectivity index (χ1) is 13.8. The second-order valence-electron chi connectivity index (χ2n) is 9.25. The van der Waals surface area contributed by atoms with Gasteiger partial charge in [0.15, 0.2) is 0 Å². The van der Waals surface area contributed by atoms with Crippen LogP contribution in [-0.2, 0) is 17.8 Å². The molecule has 0 aromatic carbocycles. The minimum atomic E-state index is 0.137. The Balaban J connectivity index is 1.33. The van der Waals surface area contributed by atoms with Gasteiger partial charge in [0.1, 0.15) is 12.1 Å². The van der Waals surface area contributed by atoms with Gasteiger partial charge in [0.2, 0.25) is 5.91 Å². The summed E-state index contributed by atoms with van der Waals surface area (Å²) >= 11 is 0. The Labute approximate surface area is 169 Å². The van der Waals surface area contributed by atoms with Crippen molar-refractivity contribution in [2.24, 2.45) is 11.8 Å². The van der Waals surface area contributed by atoms with Crippen molar-refractivity contribution in [3.05, 3.63) is 17.6 Å². The van der Waals surface area contributed by atoms with E-state index in [0.717, 1.165) is 42.5 Å². The SMILES string of the molecule is O=C(CC1CCCCCC1)Nc1ncnc2c1CCN(CC1CCCCC1)C2. The minimum absolute atomic E-state index is 0.137. The van der Waals surface area contributed by atoms with Crippen LogP contribution in [0.1, 0.15) is 88.3 Å². The van der Waals surface area contributed by atoms with Gasteiger partial charge in [-0.3, -0.25) is 9.69 Å². The van der Waals surface area contributed by atoms with E-state index >= 15 is 0 Å². The lowest BCUT2D eigenvalue weighted by atomic mass is 9.88. The van der Waals surface area contributed by atoms with E-state index in [1.807, 2.05) is 0 Å². The van der Waals surface area contributed by atoms with E-state index in [1.165, 1.54) is 77.2 Å². The third-order valence-electron chi connectivity index (χ3n) is 7.03. The highest BCUT2D eigenvalue weighted by Gasteiger charge is 2.25. The summed E-state index contributed by atoms with van der Waals surface area (Å²) < 4.78 is 0. The Morgan fingerprint density at radius 3 is 2.39 bits per heavy atom. The maximum absolute atomic E-state index is 12.6. The first kappa shape index (κ1) is 19.8. The summed E-state index contributed by atoms with van der Waals surface area (Å²) in [5, 5.41) is 3.13. The maximum Gasteiger partial charge on any atom is 0.225 e. The molecule has 1 amide bonds.